The number of amides is 1. The summed E-state index contributed by atoms with van der Waals surface area (Å²) in [6.45, 7) is 16.3. The molecule has 1 atom stereocenters. The lowest BCUT2D eigenvalue weighted by molar-refractivity contribution is 0.0509. The summed E-state index contributed by atoms with van der Waals surface area (Å²) < 4.78 is 41.8. The number of carbonyl (C=O) groups excluding carboxylic acids is 1. The zero-order chi connectivity index (χ0) is 36.9. The highest BCUT2D eigenvalue weighted by Crippen LogP contribution is 2.32. The molecule has 2 aromatic carbocycles. The number of hydrogen-bond acceptors (Lipinski definition) is 9. The van der Waals surface area contributed by atoms with E-state index in [9.17, 15) is 13.2 Å². The summed E-state index contributed by atoms with van der Waals surface area (Å²) in [7, 11) is -2.49. The zero-order valence-corrected chi connectivity index (χ0v) is 31.8. The first-order valence-corrected chi connectivity index (χ1v) is 18.9. The first-order chi connectivity index (χ1) is 24.1. The van der Waals surface area contributed by atoms with Gasteiger partial charge in [0.15, 0.2) is 0 Å². The maximum atomic E-state index is 14.6. The van der Waals surface area contributed by atoms with Crippen LogP contribution in [0.25, 0.3) is 11.3 Å². The lowest BCUT2D eigenvalue weighted by Gasteiger charge is -2.36. The third kappa shape index (κ3) is 9.42. The van der Waals surface area contributed by atoms with Gasteiger partial charge in [-0.25, -0.2) is 23.1 Å². The number of anilines is 2. The molecule has 0 saturated heterocycles. The van der Waals surface area contributed by atoms with Crippen LogP contribution in [0.4, 0.5) is 11.8 Å². The van der Waals surface area contributed by atoms with Crippen LogP contribution in [-0.4, -0.2) is 73.1 Å². The summed E-state index contributed by atoms with van der Waals surface area (Å²) in [4.78, 5) is 32.7. The molecule has 1 amide bonds. The number of nitrogens with zero attached hydrogens (tertiary/aromatic N) is 5. The van der Waals surface area contributed by atoms with Gasteiger partial charge in [0.05, 0.1) is 28.9 Å². The van der Waals surface area contributed by atoms with Crippen LogP contribution in [0.2, 0.25) is 0 Å². The molecule has 11 nitrogen and oxygen atoms in total. The van der Waals surface area contributed by atoms with Gasteiger partial charge in [-0.2, -0.15) is 4.98 Å². The lowest BCUT2D eigenvalue weighted by atomic mass is 9.87. The summed E-state index contributed by atoms with van der Waals surface area (Å²) in [5, 5.41) is 0. The highest BCUT2D eigenvalue weighted by Gasteiger charge is 2.32. The average molecular weight is 715 g/mol. The van der Waals surface area contributed by atoms with Crippen molar-refractivity contribution in [2.75, 3.05) is 36.5 Å². The summed E-state index contributed by atoms with van der Waals surface area (Å²) in [5.74, 6) is 0.561. The van der Waals surface area contributed by atoms with Gasteiger partial charge in [-0.3, -0.25) is 4.79 Å². The molecule has 0 radical (unpaired) electrons. The van der Waals surface area contributed by atoms with Crippen molar-refractivity contribution in [2.24, 2.45) is 5.41 Å². The largest absolute Gasteiger partial charge is 0.475 e. The smallest absolute Gasteiger partial charge is 0.264 e. The number of methoxy groups -OCH3 is 1. The first-order valence-electron chi connectivity index (χ1n) is 17.4. The molecule has 3 heterocycles. The van der Waals surface area contributed by atoms with E-state index in [0.29, 0.717) is 24.4 Å². The number of benzene rings is 2. The van der Waals surface area contributed by atoms with Crippen LogP contribution in [0.5, 0.6) is 5.88 Å². The van der Waals surface area contributed by atoms with E-state index in [1.54, 1.807) is 30.2 Å². The molecule has 0 aliphatic carbocycles. The van der Waals surface area contributed by atoms with Gasteiger partial charge < -0.3 is 19.3 Å². The Labute approximate surface area is 302 Å². The van der Waals surface area contributed by atoms with E-state index in [1.165, 1.54) is 12.1 Å². The fourth-order valence-electron chi connectivity index (χ4n) is 6.45. The standard InChI is InChI=1S/C39H50N6O5S/c1-26(2)44(19-12-20-49-8)34-18-11-16-30(40-34)24-45-31(23-39(5,6)7)25-50-35-22-33(36-27(3)13-9-14-28(36)4)41-38(42-35)43-51(47,48)32-17-10-15-29(21-32)37(45)46/h9-11,13-18,21-22,26,31H,12,19-20,23-25H2,1-8H3,(H,41,42,43)/t31-/m1/s1. The van der Waals surface area contributed by atoms with Crippen molar-refractivity contribution >= 4 is 27.7 Å². The Kier molecular flexibility index (Phi) is 11.7. The predicted octanol–water partition coefficient (Wildman–Crippen LogP) is 7.05. The second-order valence-electron chi connectivity index (χ2n) is 14.6. The Hall–Kier alpha value is -4.55. The normalized spacial score (nSPS) is 16.1. The molecule has 4 aromatic rings. The third-order valence-electron chi connectivity index (χ3n) is 8.82. The summed E-state index contributed by atoms with van der Waals surface area (Å²) in [5.41, 5.74) is 4.09. The minimum atomic E-state index is -4.18. The Balaban J connectivity index is 1.62. The van der Waals surface area contributed by atoms with Crippen LogP contribution in [0.1, 0.15) is 74.6 Å². The summed E-state index contributed by atoms with van der Waals surface area (Å²) in [6.07, 6.45) is 1.44. The number of hydrogen-bond donors (Lipinski definition) is 1. The van der Waals surface area contributed by atoms with E-state index in [0.717, 1.165) is 35.5 Å². The molecule has 1 N–H and O–H groups in total. The minimum absolute atomic E-state index is 0.0766. The van der Waals surface area contributed by atoms with Crippen LogP contribution >= 0.6 is 0 Å². The maximum absolute atomic E-state index is 14.6. The Bertz CT molecular complexity index is 1940. The van der Waals surface area contributed by atoms with Crippen LogP contribution in [0, 0.1) is 19.3 Å². The molecule has 4 bridgehead atoms. The van der Waals surface area contributed by atoms with Crippen molar-refractivity contribution in [1.29, 1.82) is 0 Å². The lowest BCUT2D eigenvalue weighted by Crippen LogP contribution is -2.45. The van der Waals surface area contributed by atoms with Crippen LogP contribution < -0.4 is 14.4 Å². The molecule has 0 unspecified atom stereocenters. The van der Waals surface area contributed by atoms with Crippen molar-refractivity contribution in [2.45, 2.75) is 84.8 Å². The number of rotatable bonds is 10. The molecule has 51 heavy (non-hydrogen) atoms. The molecule has 0 saturated carbocycles. The van der Waals surface area contributed by atoms with Gasteiger partial charge in [-0.15, -0.1) is 0 Å². The van der Waals surface area contributed by atoms with Gasteiger partial charge in [-0.1, -0.05) is 51.1 Å². The predicted molar refractivity (Wildman–Crippen MR) is 201 cm³/mol. The van der Waals surface area contributed by atoms with Gasteiger partial charge in [0.25, 0.3) is 15.9 Å². The van der Waals surface area contributed by atoms with Crippen molar-refractivity contribution in [3.63, 3.8) is 0 Å². The summed E-state index contributed by atoms with van der Waals surface area (Å²) >= 11 is 0. The zero-order valence-electron chi connectivity index (χ0n) is 30.9. The van der Waals surface area contributed by atoms with Crippen LogP contribution in [0.15, 0.2) is 71.6 Å². The van der Waals surface area contributed by atoms with Crippen molar-refractivity contribution in [3.05, 3.63) is 89.1 Å². The molecule has 2 aromatic heterocycles. The van der Waals surface area contributed by atoms with Crippen molar-refractivity contribution < 1.29 is 22.7 Å². The number of nitrogens with one attached hydrogen (secondary N) is 1. The van der Waals surface area contributed by atoms with Gasteiger partial charge in [0.1, 0.15) is 12.4 Å². The molecule has 1 aliphatic rings. The first kappa shape index (κ1) is 37.7. The number of carbonyl (C=O) groups is 1. The van der Waals surface area contributed by atoms with E-state index < -0.39 is 16.1 Å². The second-order valence-corrected chi connectivity index (χ2v) is 16.3. The number of aromatic nitrogens is 3. The molecule has 5 rings (SSSR count). The van der Waals surface area contributed by atoms with Gasteiger partial charge in [0.2, 0.25) is 11.8 Å². The monoisotopic (exact) mass is 714 g/mol. The van der Waals surface area contributed by atoms with E-state index in [-0.39, 0.29) is 52.8 Å². The number of ether oxygens (including phenoxy) is 2. The number of pyridine rings is 1. The van der Waals surface area contributed by atoms with Crippen molar-refractivity contribution in [1.82, 2.24) is 19.9 Å². The molecular formula is C39H50N6O5S. The molecular weight excluding hydrogens is 665 g/mol. The van der Waals surface area contributed by atoms with Crippen LogP contribution in [-0.2, 0) is 21.3 Å². The van der Waals surface area contributed by atoms with E-state index >= 15 is 0 Å². The fourth-order valence-corrected chi connectivity index (χ4v) is 7.44. The van der Waals surface area contributed by atoms with Gasteiger partial charge >= 0.3 is 0 Å². The maximum Gasteiger partial charge on any atom is 0.264 e. The minimum Gasteiger partial charge on any atom is -0.475 e. The van der Waals surface area contributed by atoms with E-state index in [4.69, 9.17) is 14.5 Å². The second kappa shape index (κ2) is 15.8. The number of aryl methyl sites for hydroxylation is 2. The topological polar surface area (TPSA) is 127 Å². The molecule has 272 valence electrons. The molecule has 1 aliphatic heterocycles. The van der Waals surface area contributed by atoms with E-state index in [2.05, 4.69) is 54.2 Å². The molecule has 0 spiro atoms. The van der Waals surface area contributed by atoms with Gasteiger partial charge in [0, 0.05) is 43.5 Å². The number of sulfonamides is 1. The Morgan fingerprint density at radius 3 is 2.39 bits per heavy atom. The summed E-state index contributed by atoms with van der Waals surface area (Å²) in [6, 6.07) is 19.4. The highest BCUT2D eigenvalue weighted by atomic mass is 32.2. The van der Waals surface area contributed by atoms with Crippen LogP contribution in [0.3, 0.4) is 0 Å². The average Bonchev–Trinajstić information content (AvgIpc) is 3.06. The van der Waals surface area contributed by atoms with E-state index in [1.807, 2.05) is 50.2 Å². The van der Waals surface area contributed by atoms with Gasteiger partial charge in [-0.05, 0) is 87.4 Å². The molecule has 12 heteroatoms. The Morgan fingerprint density at radius 2 is 1.71 bits per heavy atom. The highest BCUT2D eigenvalue weighted by molar-refractivity contribution is 7.92. The third-order valence-corrected chi connectivity index (χ3v) is 10.1. The SMILES string of the molecule is COCCCN(c1cccc(CN2C(=O)c3cccc(c3)S(=O)(=O)Nc3nc(cc(-c4c(C)cccc4C)n3)OC[C@H]2CC(C)(C)C)n1)C(C)C. The van der Waals surface area contributed by atoms with Crippen molar-refractivity contribution in [3.8, 4) is 17.1 Å². The fraction of sp³-hybridized carbons (Fsp3) is 0.436. The Morgan fingerprint density at radius 1 is 1.00 bits per heavy atom. The molecule has 0 fully saturated rings. The number of fused-ring (bicyclic) bond motifs is 4. The quantitative estimate of drug-likeness (QED) is 0.172.